The lowest BCUT2D eigenvalue weighted by Gasteiger charge is -2.24. The van der Waals surface area contributed by atoms with Crippen LogP contribution in [0.5, 0.6) is 0 Å². The first kappa shape index (κ1) is 15.6. The number of aliphatic hydroxyl groups is 1. The summed E-state index contributed by atoms with van der Waals surface area (Å²) >= 11 is 0. The molecule has 0 aliphatic carbocycles. The highest BCUT2D eigenvalue weighted by Gasteiger charge is 2.16. The van der Waals surface area contributed by atoms with Gasteiger partial charge in [0.15, 0.2) is 0 Å². The Kier molecular flexibility index (Phi) is 4.95. The maximum atomic E-state index is 10.5. The lowest BCUT2D eigenvalue weighted by atomic mass is 10.1. The van der Waals surface area contributed by atoms with E-state index >= 15 is 0 Å². The Balaban J connectivity index is 1.73. The van der Waals surface area contributed by atoms with Gasteiger partial charge in [-0.25, -0.2) is 0 Å². The van der Waals surface area contributed by atoms with E-state index in [0.29, 0.717) is 13.1 Å². The van der Waals surface area contributed by atoms with Gasteiger partial charge in [-0.3, -0.25) is 4.90 Å². The van der Waals surface area contributed by atoms with E-state index in [1.54, 1.807) is 6.26 Å². The van der Waals surface area contributed by atoms with Crippen LogP contribution in [0.4, 0.5) is 0 Å². The van der Waals surface area contributed by atoms with E-state index in [9.17, 15) is 5.11 Å². The monoisotopic (exact) mass is 310 g/mol. The molecule has 4 heteroatoms. The van der Waals surface area contributed by atoms with E-state index in [-0.39, 0.29) is 0 Å². The summed E-state index contributed by atoms with van der Waals surface area (Å²) in [5.74, 6) is 0.902. The molecule has 0 fully saturated rings. The first-order chi connectivity index (χ1) is 11.2. The topological polar surface area (TPSA) is 41.5 Å². The molecule has 1 unspecified atom stereocenters. The maximum absolute atomic E-state index is 10.5. The fraction of sp³-hybridized carbons (Fsp3) is 0.263. The van der Waals surface area contributed by atoms with Crippen molar-refractivity contribution < 1.29 is 9.52 Å². The minimum absolute atomic E-state index is 0.522. The standard InChI is InChI=1S/C19H22N2O2/c1-20-11-5-9-17(20)13-21(14-18-10-6-12-23-18)15-19(22)16-7-3-2-4-8-16/h2-12,19,22H,13-15H2,1H3. The number of aryl methyl sites for hydroxylation is 1. The van der Waals surface area contributed by atoms with Crippen LogP contribution in [0.25, 0.3) is 0 Å². The number of aromatic nitrogens is 1. The Morgan fingerprint density at radius 1 is 1.04 bits per heavy atom. The Morgan fingerprint density at radius 2 is 1.87 bits per heavy atom. The minimum Gasteiger partial charge on any atom is -0.468 e. The number of benzene rings is 1. The third kappa shape index (κ3) is 4.12. The number of furan rings is 1. The third-order valence-corrected chi connectivity index (χ3v) is 4.01. The van der Waals surface area contributed by atoms with Crippen molar-refractivity contribution in [2.24, 2.45) is 7.05 Å². The molecule has 1 N–H and O–H groups in total. The molecule has 4 nitrogen and oxygen atoms in total. The Hall–Kier alpha value is -2.30. The van der Waals surface area contributed by atoms with Gasteiger partial charge in [0.1, 0.15) is 5.76 Å². The van der Waals surface area contributed by atoms with E-state index in [1.807, 2.05) is 61.8 Å². The van der Waals surface area contributed by atoms with Crippen molar-refractivity contribution in [1.82, 2.24) is 9.47 Å². The van der Waals surface area contributed by atoms with Gasteiger partial charge in [-0.1, -0.05) is 30.3 Å². The number of hydrogen-bond acceptors (Lipinski definition) is 3. The van der Waals surface area contributed by atoms with Crippen molar-refractivity contribution >= 4 is 0 Å². The molecule has 0 saturated carbocycles. The molecule has 0 saturated heterocycles. The van der Waals surface area contributed by atoms with Crippen molar-refractivity contribution in [3.63, 3.8) is 0 Å². The van der Waals surface area contributed by atoms with Crippen LogP contribution in [-0.4, -0.2) is 21.1 Å². The lowest BCUT2D eigenvalue weighted by Crippen LogP contribution is -2.28. The Bertz CT molecular complexity index is 704. The van der Waals surface area contributed by atoms with Crippen molar-refractivity contribution in [2.45, 2.75) is 19.2 Å². The zero-order valence-electron chi connectivity index (χ0n) is 13.3. The summed E-state index contributed by atoms with van der Waals surface area (Å²) in [5.41, 5.74) is 2.14. The highest BCUT2D eigenvalue weighted by molar-refractivity contribution is 5.18. The number of rotatable bonds is 7. The molecule has 0 aliphatic rings. The van der Waals surface area contributed by atoms with Crippen LogP contribution in [0.15, 0.2) is 71.5 Å². The van der Waals surface area contributed by atoms with Crippen LogP contribution in [-0.2, 0) is 20.1 Å². The molecule has 2 heterocycles. The zero-order chi connectivity index (χ0) is 16.1. The van der Waals surface area contributed by atoms with Crippen LogP contribution >= 0.6 is 0 Å². The fourth-order valence-corrected chi connectivity index (χ4v) is 2.72. The van der Waals surface area contributed by atoms with Gasteiger partial charge in [-0.15, -0.1) is 0 Å². The van der Waals surface area contributed by atoms with E-state index < -0.39 is 6.10 Å². The Morgan fingerprint density at radius 3 is 2.52 bits per heavy atom. The second kappa shape index (κ2) is 7.31. The molecular formula is C19H22N2O2. The summed E-state index contributed by atoms with van der Waals surface area (Å²) < 4.78 is 7.57. The second-order valence-corrected chi connectivity index (χ2v) is 5.79. The first-order valence-corrected chi connectivity index (χ1v) is 7.80. The third-order valence-electron chi connectivity index (χ3n) is 4.01. The highest BCUT2D eigenvalue weighted by Crippen LogP contribution is 2.18. The summed E-state index contributed by atoms with van der Waals surface area (Å²) in [6.07, 6.45) is 3.20. The average molecular weight is 310 g/mol. The van der Waals surface area contributed by atoms with E-state index in [4.69, 9.17) is 4.42 Å². The molecule has 3 aromatic rings. The largest absolute Gasteiger partial charge is 0.468 e. The highest BCUT2D eigenvalue weighted by atomic mass is 16.3. The molecule has 120 valence electrons. The van der Waals surface area contributed by atoms with Crippen molar-refractivity contribution in [1.29, 1.82) is 0 Å². The molecule has 1 atom stereocenters. The van der Waals surface area contributed by atoms with Crippen LogP contribution in [0.2, 0.25) is 0 Å². The first-order valence-electron chi connectivity index (χ1n) is 7.80. The van der Waals surface area contributed by atoms with Gasteiger partial charge < -0.3 is 14.1 Å². The summed E-state index contributed by atoms with van der Waals surface area (Å²) in [6, 6.07) is 17.8. The SMILES string of the molecule is Cn1cccc1CN(Cc1ccco1)CC(O)c1ccccc1. The molecule has 0 radical (unpaired) electrons. The van der Waals surface area contributed by atoms with E-state index in [0.717, 1.165) is 17.9 Å². The molecule has 0 spiro atoms. The Labute approximate surface area is 136 Å². The normalized spacial score (nSPS) is 12.7. The van der Waals surface area contributed by atoms with Gasteiger partial charge in [0.05, 0.1) is 18.9 Å². The maximum Gasteiger partial charge on any atom is 0.117 e. The lowest BCUT2D eigenvalue weighted by molar-refractivity contribution is 0.0991. The predicted molar refractivity (Wildman–Crippen MR) is 89.6 cm³/mol. The molecule has 0 bridgehead atoms. The van der Waals surface area contributed by atoms with Crippen LogP contribution in [0.1, 0.15) is 23.1 Å². The molecule has 1 aromatic carbocycles. The quantitative estimate of drug-likeness (QED) is 0.727. The number of nitrogens with zero attached hydrogens (tertiary/aromatic N) is 2. The van der Waals surface area contributed by atoms with Gasteiger partial charge in [0, 0.05) is 32.0 Å². The summed E-state index contributed by atoms with van der Waals surface area (Å²) in [7, 11) is 2.04. The van der Waals surface area contributed by atoms with Crippen molar-refractivity contribution in [3.8, 4) is 0 Å². The molecule has 0 amide bonds. The molecule has 23 heavy (non-hydrogen) atoms. The predicted octanol–water partition coefficient (Wildman–Crippen LogP) is 3.35. The van der Waals surface area contributed by atoms with Gasteiger partial charge >= 0.3 is 0 Å². The molecule has 0 aliphatic heterocycles. The van der Waals surface area contributed by atoms with Crippen LogP contribution < -0.4 is 0 Å². The van der Waals surface area contributed by atoms with E-state index in [1.165, 1.54) is 5.69 Å². The molecular weight excluding hydrogens is 288 g/mol. The van der Waals surface area contributed by atoms with Crippen molar-refractivity contribution in [2.75, 3.05) is 6.54 Å². The average Bonchev–Trinajstić information content (AvgIpc) is 3.21. The fourth-order valence-electron chi connectivity index (χ4n) is 2.72. The molecule has 2 aromatic heterocycles. The van der Waals surface area contributed by atoms with Crippen LogP contribution in [0, 0.1) is 0 Å². The van der Waals surface area contributed by atoms with Gasteiger partial charge in [-0.05, 0) is 29.8 Å². The zero-order valence-corrected chi connectivity index (χ0v) is 13.3. The smallest absolute Gasteiger partial charge is 0.117 e. The van der Waals surface area contributed by atoms with Crippen molar-refractivity contribution in [3.05, 3.63) is 84.1 Å². The molecule has 3 rings (SSSR count). The van der Waals surface area contributed by atoms with Crippen LogP contribution in [0.3, 0.4) is 0 Å². The van der Waals surface area contributed by atoms with Gasteiger partial charge in [-0.2, -0.15) is 0 Å². The minimum atomic E-state index is -0.522. The summed E-state index contributed by atoms with van der Waals surface area (Å²) in [5, 5.41) is 10.5. The van der Waals surface area contributed by atoms with Gasteiger partial charge in [0.2, 0.25) is 0 Å². The number of hydrogen-bond donors (Lipinski definition) is 1. The summed E-state index contributed by atoms with van der Waals surface area (Å²) in [6.45, 7) is 1.98. The number of aliphatic hydroxyl groups excluding tert-OH is 1. The van der Waals surface area contributed by atoms with Gasteiger partial charge in [0.25, 0.3) is 0 Å². The second-order valence-electron chi connectivity index (χ2n) is 5.79. The summed E-state index contributed by atoms with van der Waals surface area (Å²) in [4.78, 5) is 2.20. The van der Waals surface area contributed by atoms with E-state index in [2.05, 4.69) is 15.5 Å².